The minimum atomic E-state index is 0.0604. The van der Waals surface area contributed by atoms with Crippen molar-refractivity contribution >= 4 is 0 Å². The molecule has 1 saturated carbocycles. The Morgan fingerprint density at radius 2 is 2.00 bits per heavy atom. The van der Waals surface area contributed by atoms with Gasteiger partial charge in [-0.2, -0.15) is 0 Å². The molecule has 3 heteroatoms. The second-order valence-corrected chi connectivity index (χ2v) is 6.53. The Bertz CT molecular complexity index is 241. The second-order valence-electron chi connectivity index (χ2n) is 6.53. The summed E-state index contributed by atoms with van der Waals surface area (Å²) in [5, 5.41) is 13.4. The van der Waals surface area contributed by atoms with E-state index in [2.05, 4.69) is 26.1 Å². The first-order valence-corrected chi connectivity index (χ1v) is 8.19. The van der Waals surface area contributed by atoms with Gasteiger partial charge in [-0.25, -0.2) is 0 Å². The molecule has 0 aromatic heterocycles. The molecule has 0 aromatic rings. The summed E-state index contributed by atoms with van der Waals surface area (Å²) in [7, 11) is 0. The molecule has 0 aliphatic heterocycles. The summed E-state index contributed by atoms with van der Waals surface area (Å²) in [6, 6.07) is 0.450. The minimum Gasteiger partial charge on any atom is -0.396 e. The fraction of sp³-hybridized carbons (Fsp3) is 1.00. The lowest BCUT2D eigenvalue weighted by molar-refractivity contribution is 0.117. The molecule has 1 fully saturated rings. The molecular formula is C16H34N2O. The van der Waals surface area contributed by atoms with Crippen LogP contribution in [0.1, 0.15) is 65.7 Å². The molecule has 0 bridgehead atoms. The minimum absolute atomic E-state index is 0.0604. The van der Waals surface area contributed by atoms with Crippen molar-refractivity contribution in [2.75, 3.05) is 13.2 Å². The molecule has 114 valence electrons. The summed E-state index contributed by atoms with van der Waals surface area (Å²) >= 11 is 0. The van der Waals surface area contributed by atoms with Crippen molar-refractivity contribution in [3.8, 4) is 0 Å². The lowest BCUT2D eigenvalue weighted by Gasteiger charge is -2.42. The van der Waals surface area contributed by atoms with Crippen LogP contribution in [0.25, 0.3) is 0 Å². The SMILES string of the molecule is CCC(C)CC(CC)(CN)NC1CCCCC1CO. The molecular weight excluding hydrogens is 236 g/mol. The number of rotatable bonds is 8. The lowest BCUT2D eigenvalue weighted by Crippen LogP contribution is -2.58. The zero-order valence-corrected chi connectivity index (χ0v) is 13.1. The standard InChI is InChI=1S/C16H34N2O/c1-4-13(3)10-16(5-2,12-17)18-15-9-7-6-8-14(15)11-19/h13-15,18-19H,4-12,17H2,1-3H3. The third-order valence-electron chi connectivity index (χ3n) is 5.14. The summed E-state index contributed by atoms with van der Waals surface area (Å²) in [5.41, 5.74) is 6.16. The average Bonchev–Trinajstić information content (AvgIpc) is 2.46. The van der Waals surface area contributed by atoms with E-state index in [9.17, 15) is 5.11 Å². The van der Waals surface area contributed by atoms with Crippen LogP contribution in [0.4, 0.5) is 0 Å². The molecule has 0 heterocycles. The molecule has 4 unspecified atom stereocenters. The van der Waals surface area contributed by atoms with E-state index < -0.39 is 0 Å². The summed E-state index contributed by atoms with van der Waals surface area (Å²) in [6.45, 7) is 7.80. The first-order valence-electron chi connectivity index (χ1n) is 8.19. The Labute approximate surface area is 119 Å². The summed E-state index contributed by atoms with van der Waals surface area (Å²) in [6.07, 6.45) is 8.30. The highest BCUT2D eigenvalue weighted by atomic mass is 16.3. The third kappa shape index (κ3) is 4.73. The van der Waals surface area contributed by atoms with Crippen molar-refractivity contribution in [2.24, 2.45) is 17.6 Å². The molecule has 4 atom stereocenters. The van der Waals surface area contributed by atoms with E-state index in [4.69, 9.17) is 5.73 Å². The fourth-order valence-electron chi connectivity index (χ4n) is 3.41. The Morgan fingerprint density at radius 3 is 2.53 bits per heavy atom. The lowest BCUT2D eigenvalue weighted by atomic mass is 9.79. The first kappa shape index (κ1) is 16.9. The van der Waals surface area contributed by atoms with Crippen molar-refractivity contribution in [3.05, 3.63) is 0 Å². The smallest absolute Gasteiger partial charge is 0.0474 e. The van der Waals surface area contributed by atoms with Gasteiger partial charge in [0.1, 0.15) is 0 Å². The van der Waals surface area contributed by atoms with Crippen LogP contribution in [-0.2, 0) is 0 Å². The molecule has 0 radical (unpaired) electrons. The van der Waals surface area contributed by atoms with Crippen LogP contribution in [0.3, 0.4) is 0 Å². The fourth-order valence-corrected chi connectivity index (χ4v) is 3.41. The highest BCUT2D eigenvalue weighted by molar-refractivity contribution is 4.94. The second kappa shape index (κ2) is 8.23. The summed E-state index contributed by atoms with van der Waals surface area (Å²) in [4.78, 5) is 0. The van der Waals surface area contributed by atoms with Crippen molar-refractivity contribution in [1.82, 2.24) is 5.32 Å². The molecule has 3 nitrogen and oxygen atoms in total. The van der Waals surface area contributed by atoms with Crippen LogP contribution in [0.2, 0.25) is 0 Å². The monoisotopic (exact) mass is 270 g/mol. The van der Waals surface area contributed by atoms with E-state index in [1.165, 1.54) is 25.7 Å². The van der Waals surface area contributed by atoms with E-state index in [1.807, 2.05) is 0 Å². The van der Waals surface area contributed by atoms with Crippen LogP contribution in [0.15, 0.2) is 0 Å². The molecule has 19 heavy (non-hydrogen) atoms. The number of hydrogen-bond donors (Lipinski definition) is 3. The van der Waals surface area contributed by atoms with Crippen LogP contribution in [0.5, 0.6) is 0 Å². The highest BCUT2D eigenvalue weighted by Gasteiger charge is 2.34. The van der Waals surface area contributed by atoms with Gasteiger partial charge in [0.05, 0.1) is 0 Å². The molecule has 1 aliphatic rings. The number of hydrogen-bond acceptors (Lipinski definition) is 3. The van der Waals surface area contributed by atoms with Crippen molar-refractivity contribution in [3.63, 3.8) is 0 Å². The normalized spacial score (nSPS) is 28.9. The number of nitrogens with two attached hydrogens (primary N) is 1. The average molecular weight is 270 g/mol. The van der Waals surface area contributed by atoms with Crippen molar-refractivity contribution in [2.45, 2.75) is 77.3 Å². The van der Waals surface area contributed by atoms with Gasteiger partial charge in [-0.05, 0) is 37.5 Å². The Kier molecular flexibility index (Phi) is 7.33. The van der Waals surface area contributed by atoms with Gasteiger partial charge in [-0.3, -0.25) is 0 Å². The molecule has 1 aliphatic carbocycles. The molecule has 1 rings (SSSR count). The zero-order valence-electron chi connectivity index (χ0n) is 13.1. The van der Waals surface area contributed by atoms with Gasteiger partial charge in [0.25, 0.3) is 0 Å². The number of aliphatic hydroxyl groups is 1. The maximum atomic E-state index is 9.56. The van der Waals surface area contributed by atoms with Gasteiger partial charge in [0.2, 0.25) is 0 Å². The molecule has 4 N–H and O–H groups in total. The largest absolute Gasteiger partial charge is 0.396 e. The van der Waals surface area contributed by atoms with Crippen LogP contribution in [-0.4, -0.2) is 29.8 Å². The summed E-state index contributed by atoms with van der Waals surface area (Å²) < 4.78 is 0. The number of nitrogens with one attached hydrogen (secondary N) is 1. The molecule has 0 amide bonds. The molecule has 0 aromatic carbocycles. The van der Waals surface area contributed by atoms with Gasteiger partial charge < -0.3 is 16.2 Å². The Morgan fingerprint density at radius 1 is 1.32 bits per heavy atom. The molecule has 0 saturated heterocycles. The van der Waals surface area contributed by atoms with E-state index in [1.54, 1.807) is 0 Å². The van der Waals surface area contributed by atoms with E-state index in [0.717, 1.165) is 19.3 Å². The summed E-state index contributed by atoms with van der Waals surface area (Å²) in [5.74, 6) is 1.12. The van der Waals surface area contributed by atoms with Gasteiger partial charge in [0.15, 0.2) is 0 Å². The highest BCUT2D eigenvalue weighted by Crippen LogP contribution is 2.29. The van der Waals surface area contributed by atoms with Gasteiger partial charge >= 0.3 is 0 Å². The molecule has 0 spiro atoms. The number of aliphatic hydroxyl groups excluding tert-OH is 1. The third-order valence-corrected chi connectivity index (χ3v) is 5.14. The Balaban J connectivity index is 2.69. The maximum absolute atomic E-state index is 9.56. The van der Waals surface area contributed by atoms with E-state index in [-0.39, 0.29) is 5.54 Å². The zero-order chi connectivity index (χ0) is 14.3. The van der Waals surface area contributed by atoms with Crippen LogP contribution >= 0.6 is 0 Å². The van der Waals surface area contributed by atoms with Gasteiger partial charge in [-0.1, -0.05) is 40.0 Å². The predicted octanol–water partition coefficient (Wildman–Crippen LogP) is 2.67. The first-order chi connectivity index (χ1) is 9.10. The van der Waals surface area contributed by atoms with Crippen molar-refractivity contribution < 1.29 is 5.11 Å². The Hall–Kier alpha value is -0.120. The van der Waals surface area contributed by atoms with E-state index >= 15 is 0 Å². The van der Waals surface area contributed by atoms with Crippen LogP contribution in [0, 0.1) is 11.8 Å². The topological polar surface area (TPSA) is 58.3 Å². The predicted molar refractivity (Wildman–Crippen MR) is 82.1 cm³/mol. The van der Waals surface area contributed by atoms with Crippen LogP contribution < -0.4 is 11.1 Å². The maximum Gasteiger partial charge on any atom is 0.0474 e. The van der Waals surface area contributed by atoms with E-state index in [0.29, 0.717) is 31.0 Å². The van der Waals surface area contributed by atoms with Gasteiger partial charge in [-0.15, -0.1) is 0 Å². The van der Waals surface area contributed by atoms with Crippen molar-refractivity contribution in [1.29, 1.82) is 0 Å². The van der Waals surface area contributed by atoms with Gasteiger partial charge in [0, 0.05) is 24.7 Å². The quantitative estimate of drug-likeness (QED) is 0.635.